The van der Waals surface area contributed by atoms with Crippen molar-refractivity contribution in [3.05, 3.63) is 0 Å². The zero-order valence-electron chi connectivity index (χ0n) is 7.76. The van der Waals surface area contributed by atoms with Crippen LogP contribution in [0.4, 0.5) is 0 Å². The van der Waals surface area contributed by atoms with Gasteiger partial charge in [0.15, 0.2) is 0 Å². The lowest BCUT2D eigenvalue weighted by Crippen LogP contribution is -2.55. The summed E-state index contributed by atoms with van der Waals surface area (Å²) in [5.74, 6) is 0.178. The fourth-order valence-electron chi connectivity index (χ4n) is 1.49. The summed E-state index contributed by atoms with van der Waals surface area (Å²) in [4.78, 5) is 12.9. The smallest absolute Gasteiger partial charge is 0.219 e. The molecule has 1 aliphatic rings. The van der Waals surface area contributed by atoms with Gasteiger partial charge < -0.3 is 15.5 Å². The minimum atomic E-state index is 0.178. The molecule has 2 N–H and O–H groups in total. The van der Waals surface area contributed by atoms with Crippen molar-refractivity contribution in [1.29, 1.82) is 0 Å². The van der Waals surface area contributed by atoms with Gasteiger partial charge in [-0.3, -0.25) is 4.79 Å². The van der Waals surface area contributed by atoms with Gasteiger partial charge in [0.25, 0.3) is 0 Å². The van der Waals surface area contributed by atoms with Crippen molar-refractivity contribution in [1.82, 2.24) is 15.5 Å². The Bertz CT molecular complexity index is 158. The molecule has 0 aliphatic carbocycles. The summed E-state index contributed by atoms with van der Waals surface area (Å²) >= 11 is 0. The predicted molar refractivity (Wildman–Crippen MR) is 48.0 cm³/mol. The Morgan fingerprint density at radius 1 is 1.75 bits per heavy atom. The molecule has 4 heteroatoms. The second kappa shape index (κ2) is 4.42. The zero-order valence-corrected chi connectivity index (χ0v) is 7.76. The maximum absolute atomic E-state index is 11.0. The van der Waals surface area contributed by atoms with Crippen LogP contribution in [0.15, 0.2) is 0 Å². The van der Waals surface area contributed by atoms with E-state index in [0.717, 1.165) is 26.2 Å². The van der Waals surface area contributed by atoms with E-state index < -0.39 is 0 Å². The molecule has 70 valence electrons. The topological polar surface area (TPSA) is 44.4 Å². The largest absolute Gasteiger partial charge is 0.340 e. The third-order valence-electron chi connectivity index (χ3n) is 2.15. The molecule has 0 radical (unpaired) electrons. The molecule has 12 heavy (non-hydrogen) atoms. The number of carbonyl (C=O) groups is 1. The normalized spacial score (nSPS) is 24.2. The fraction of sp³-hybridized carbons (Fsp3) is 0.875. The number of rotatable bonds is 2. The SMILES string of the molecule is CNCC1CN(C(C)=O)CCN1. The number of hydrogen-bond donors (Lipinski definition) is 2. The van der Waals surface area contributed by atoms with E-state index in [4.69, 9.17) is 0 Å². The Hall–Kier alpha value is -0.610. The van der Waals surface area contributed by atoms with E-state index in [1.807, 2.05) is 11.9 Å². The Kier molecular flexibility index (Phi) is 3.49. The Morgan fingerprint density at radius 2 is 2.50 bits per heavy atom. The predicted octanol–water partition coefficient (Wildman–Crippen LogP) is -0.974. The first-order chi connectivity index (χ1) is 5.74. The van der Waals surface area contributed by atoms with Gasteiger partial charge in [-0.05, 0) is 7.05 Å². The van der Waals surface area contributed by atoms with Crippen molar-refractivity contribution in [3.63, 3.8) is 0 Å². The standard InChI is InChI=1S/C8H17N3O/c1-7(12)11-4-3-10-8(6-11)5-9-2/h8-10H,3-6H2,1-2H3. The molecule has 1 amide bonds. The van der Waals surface area contributed by atoms with Crippen molar-refractivity contribution in [2.75, 3.05) is 33.2 Å². The van der Waals surface area contributed by atoms with Crippen LogP contribution in [0, 0.1) is 0 Å². The molecule has 4 nitrogen and oxygen atoms in total. The lowest BCUT2D eigenvalue weighted by Gasteiger charge is -2.32. The highest BCUT2D eigenvalue weighted by atomic mass is 16.2. The Morgan fingerprint density at radius 3 is 3.08 bits per heavy atom. The molecular weight excluding hydrogens is 154 g/mol. The summed E-state index contributed by atoms with van der Waals surface area (Å²) in [6, 6.07) is 0.410. The van der Waals surface area contributed by atoms with Crippen molar-refractivity contribution >= 4 is 5.91 Å². The number of likely N-dealkylation sites (N-methyl/N-ethyl adjacent to an activating group) is 1. The van der Waals surface area contributed by atoms with E-state index >= 15 is 0 Å². The van der Waals surface area contributed by atoms with Crippen LogP contribution in [0.25, 0.3) is 0 Å². The van der Waals surface area contributed by atoms with Gasteiger partial charge in [0.2, 0.25) is 5.91 Å². The van der Waals surface area contributed by atoms with E-state index in [1.54, 1.807) is 6.92 Å². The van der Waals surface area contributed by atoms with E-state index in [-0.39, 0.29) is 5.91 Å². The van der Waals surface area contributed by atoms with Crippen LogP contribution < -0.4 is 10.6 Å². The first-order valence-corrected chi connectivity index (χ1v) is 4.37. The van der Waals surface area contributed by atoms with Crippen molar-refractivity contribution in [3.8, 4) is 0 Å². The first-order valence-electron chi connectivity index (χ1n) is 4.37. The Balaban J connectivity index is 2.35. The van der Waals surface area contributed by atoms with Gasteiger partial charge in [-0.15, -0.1) is 0 Å². The average Bonchev–Trinajstić information content (AvgIpc) is 2.05. The minimum absolute atomic E-state index is 0.178. The van der Waals surface area contributed by atoms with Crippen molar-refractivity contribution in [2.45, 2.75) is 13.0 Å². The molecule has 0 saturated carbocycles. The van der Waals surface area contributed by atoms with Crippen LogP contribution in [-0.2, 0) is 4.79 Å². The summed E-state index contributed by atoms with van der Waals surface area (Å²) in [5, 5.41) is 6.44. The highest BCUT2D eigenvalue weighted by Gasteiger charge is 2.19. The average molecular weight is 171 g/mol. The molecule has 0 bridgehead atoms. The maximum atomic E-state index is 11.0. The van der Waals surface area contributed by atoms with Crippen LogP contribution in [0.2, 0.25) is 0 Å². The van der Waals surface area contributed by atoms with Gasteiger partial charge in [0.05, 0.1) is 0 Å². The molecule has 0 aromatic heterocycles. The molecule has 1 atom stereocenters. The summed E-state index contributed by atoms with van der Waals surface area (Å²) in [5.41, 5.74) is 0. The number of piperazine rings is 1. The summed E-state index contributed by atoms with van der Waals surface area (Å²) in [6.07, 6.45) is 0. The summed E-state index contributed by atoms with van der Waals surface area (Å²) in [7, 11) is 1.92. The van der Waals surface area contributed by atoms with Crippen LogP contribution >= 0.6 is 0 Å². The van der Waals surface area contributed by atoms with Crippen LogP contribution in [0.3, 0.4) is 0 Å². The maximum Gasteiger partial charge on any atom is 0.219 e. The Labute approximate surface area is 73.3 Å². The fourth-order valence-corrected chi connectivity index (χ4v) is 1.49. The highest BCUT2D eigenvalue weighted by Crippen LogP contribution is 1.98. The van der Waals surface area contributed by atoms with Crippen molar-refractivity contribution in [2.24, 2.45) is 0 Å². The number of nitrogens with zero attached hydrogens (tertiary/aromatic N) is 1. The molecule has 1 unspecified atom stereocenters. The van der Waals surface area contributed by atoms with Crippen LogP contribution in [0.5, 0.6) is 0 Å². The van der Waals surface area contributed by atoms with Gasteiger partial charge >= 0.3 is 0 Å². The number of carbonyl (C=O) groups excluding carboxylic acids is 1. The van der Waals surface area contributed by atoms with Crippen molar-refractivity contribution < 1.29 is 4.79 Å². The zero-order chi connectivity index (χ0) is 8.97. The van der Waals surface area contributed by atoms with E-state index in [2.05, 4.69) is 10.6 Å². The molecule has 1 aliphatic heterocycles. The third kappa shape index (κ3) is 2.46. The van der Waals surface area contributed by atoms with Gasteiger partial charge in [-0.25, -0.2) is 0 Å². The van der Waals surface area contributed by atoms with Gasteiger partial charge in [-0.1, -0.05) is 0 Å². The third-order valence-corrected chi connectivity index (χ3v) is 2.15. The molecule has 1 heterocycles. The van der Waals surface area contributed by atoms with Gasteiger partial charge in [-0.2, -0.15) is 0 Å². The summed E-state index contributed by atoms with van der Waals surface area (Å²) < 4.78 is 0. The molecular formula is C8H17N3O. The quantitative estimate of drug-likeness (QED) is 0.561. The van der Waals surface area contributed by atoms with E-state index in [9.17, 15) is 4.79 Å². The molecule has 0 aromatic rings. The molecule has 0 aromatic carbocycles. The van der Waals surface area contributed by atoms with E-state index in [1.165, 1.54) is 0 Å². The second-order valence-corrected chi connectivity index (χ2v) is 3.17. The van der Waals surface area contributed by atoms with E-state index in [0.29, 0.717) is 6.04 Å². The molecule has 0 spiro atoms. The second-order valence-electron chi connectivity index (χ2n) is 3.17. The minimum Gasteiger partial charge on any atom is -0.340 e. The number of hydrogen-bond acceptors (Lipinski definition) is 3. The lowest BCUT2D eigenvalue weighted by atomic mass is 10.2. The molecule has 1 fully saturated rings. The number of nitrogens with one attached hydrogen (secondary N) is 2. The number of amides is 1. The molecule has 1 saturated heterocycles. The summed E-state index contributed by atoms with van der Waals surface area (Å²) in [6.45, 7) is 5.13. The highest BCUT2D eigenvalue weighted by molar-refractivity contribution is 5.73. The van der Waals surface area contributed by atoms with Gasteiger partial charge in [0, 0.05) is 39.1 Å². The van der Waals surface area contributed by atoms with Crippen LogP contribution in [-0.4, -0.2) is 50.1 Å². The first kappa shape index (κ1) is 9.48. The van der Waals surface area contributed by atoms with Crippen LogP contribution in [0.1, 0.15) is 6.92 Å². The lowest BCUT2D eigenvalue weighted by molar-refractivity contribution is -0.129. The monoisotopic (exact) mass is 171 g/mol. The molecule has 1 rings (SSSR count). The van der Waals surface area contributed by atoms with Gasteiger partial charge in [0.1, 0.15) is 0 Å².